The summed E-state index contributed by atoms with van der Waals surface area (Å²) in [4.78, 5) is -0.0281. The summed E-state index contributed by atoms with van der Waals surface area (Å²) in [5, 5.41) is 0. The number of rotatable bonds is 5. The molecule has 0 saturated heterocycles. The Morgan fingerprint density at radius 2 is 2.00 bits per heavy atom. The normalized spacial score (nSPS) is 16.9. The highest BCUT2D eigenvalue weighted by molar-refractivity contribution is 9.10. The van der Waals surface area contributed by atoms with Gasteiger partial charge in [-0.1, -0.05) is 25.7 Å². The molecule has 1 aliphatic carbocycles. The molecule has 0 bridgehead atoms. The molecule has 0 amide bonds. The van der Waals surface area contributed by atoms with Gasteiger partial charge < -0.3 is 0 Å². The monoisotopic (exact) mass is 349 g/mol. The average molecular weight is 350 g/mol. The molecule has 0 aromatic heterocycles. The third-order valence-electron chi connectivity index (χ3n) is 3.52. The Hall–Kier alpha value is -0.460. The summed E-state index contributed by atoms with van der Waals surface area (Å²) in [5.74, 6) is 0.0584. The van der Waals surface area contributed by atoms with E-state index in [0.717, 1.165) is 12.5 Å². The highest BCUT2D eigenvalue weighted by Crippen LogP contribution is 2.27. The topological polar surface area (TPSA) is 46.2 Å². The summed E-state index contributed by atoms with van der Waals surface area (Å²) in [5.41, 5.74) is 0. The number of nitrogens with one attached hydrogen (secondary N) is 1. The van der Waals surface area contributed by atoms with Crippen molar-refractivity contribution >= 4 is 26.0 Å². The van der Waals surface area contributed by atoms with Gasteiger partial charge in [-0.2, -0.15) is 0 Å². The van der Waals surface area contributed by atoms with Crippen molar-refractivity contribution in [2.24, 2.45) is 5.92 Å². The predicted molar refractivity (Wildman–Crippen MR) is 75.9 cm³/mol. The minimum absolute atomic E-state index is 0.0281. The molecule has 1 aliphatic rings. The number of benzene rings is 1. The van der Waals surface area contributed by atoms with Crippen LogP contribution in [0.2, 0.25) is 0 Å². The van der Waals surface area contributed by atoms with Crippen LogP contribution in [0.15, 0.2) is 27.6 Å². The molecule has 19 heavy (non-hydrogen) atoms. The molecule has 1 N–H and O–H groups in total. The fraction of sp³-hybridized carbons (Fsp3) is 0.538. The first kappa shape index (κ1) is 14.9. The minimum atomic E-state index is -3.60. The van der Waals surface area contributed by atoms with Crippen molar-refractivity contribution in [3.05, 3.63) is 28.5 Å². The van der Waals surface area contributed by atoms with E-state index in [0.29, 0.717) is 12.5 Å². The predicted octanol–water partition coefficient (Wildman–Crippen LogP) is 3.45. The van der Waals surface area contributed by atoms with Gasteiger partial charge in [0.15, 0.2) is 0 Å². The van der Waals surface area contributed by atoms with E-state index in [-0.39, 0.29) is 9.37 Å². The number of hydrogen-bond donors (Lipinski definition) is 1. The highest BCUT2D eigenvalue weighted by Gasteiger charge is 2.18. The van der Waals surface area contributed by atoms with Gasteiger partial charge in [-0.05, 0) is 46.5 Å². The van der Waals surface area contributed by atoms with Crippen LogP contribution in [-0.2, 0) is 10.0 Å². The first-order valence-electron chi connectivity index (χ1n) is 6.44. The molecule has 0 spiro atoms. The second-order valence-electron chi connectivity index (χ2n) is 4.91. The Morgan fingerprint density at radius 3 is 2.63 bits per heavy atom. The van der Waals surface area contributed by atoms with E-state index in [4.69, 9.17) is 0 Å². The van der Waals surface area contributed by atoms with Gasteiger partial charge in [-0.15, -0.1) is 0 Å². The maximum atomic E-state index is 13.3. The molecule has 1 saturated carbocycles. The first-order valence-corrected chi connectivity index (χ1v) is 8.71. The van der Waals surface area contributed by atoms with Crippen molar-refractivity contribution in [2.45, 2.75) is 37.0 Å². The minimum Gasteiger partial charge on any atom is -0.211 e. The van der Waals surface area contributed by atoms with Crippen molar-refractivity contribution in [2.75, 3.05) is 6.54 Å². The van der Waals surface area contributed by atoms with Crippen LogP contribution in [0.25, 0.3) is 0 Å². The third-order valence-corrected chi connectivity index (χ3v) is 5.62. The van der Waals surface area contributed by atoms with E-state index in [2.05, 4.69) is 20.7 Å². The summed E-state index contributed by atoms with van der Waals surface area (Å²) in [6, 6.07) is 3.83. The van der Waals surface area contributed by atoms with Crippen molar-refractivity contribution in [1.82, 2.24) is 4.72 Å². The summed E-state index contributed by atoms with van der Waals surface area (Å²) in [7, 11) is -3.60. The van der Waals surface area contributed by atoms with E-state index in [1.54, 1.807) is 0 Å². The van der Waals surface area contributed by atoms with Gasteiger partial charge in [0.2, 0.25) is 10.0 Å². The Balaban J connectivity index is 1.95. The van der Waals surface area contributed by atoms with Crippen molar-refractivity contribution in [1.29, 1.82) is 0 Å². The molecule has 1 fully saturated rings. The number of hydrogen-bond acceptors (Lipinski definition) is 2. The van der Waals surface area contributed by atoms with Crippen LogP contribution in [0.1, 0.15) is 32.1 Å². The van der Waals surface area contributed by atoms with Gasteiger partial charge in [0.25, 0.3) is 0 Å². The Kier molecular flexibility index (Phi) is 4.97. The lowest BCUT2D eigenvalue weighted by molar-refractivity contribution is 0.495. The van der Waals surface area contributed by atoms with Gasteiger partial charge in [0.1, 0.15) is 5.82 Å². The number of halogens is 2. The van der Waals surface area contributed by atoms with Crippen LogP contribution < -0.4 is 4.72 Å². The molecule has 2 rings (SSSR count). The molecule has 3 nitrogen and oxygen atoms in total. The highest BCUT2D eigenvalue weighted by atomic mass is 79.9. The Labute approximate surface area is 121 Å². The maximum absolute atomic E-state index is 13.3. The first-order chi connectivity index (χ1) is 8.99. The lowest BCUT2D eigenvalue weighted by Gasteiger charge is -2.10. The molecule has 0 unspecified atom stereocenters. The van der Waals surface area contributed by atoms with E-state index in [9.17, 15) is 12.8 Å². The smallest absolute Gasteiger partial charge is 0.211 e. The summed E-state index contributed by atoms with van der Waals surface area (Å²) >= 11 is 3.00. The zero-order valence-electron chi connectivity index (χ0n) is 10.5. The van der Waals surface area contributed by atoms with Gasteiger partial charge in [0.05, 0.1) is 9.37 Å². The second-order valence-corrected chi connectivity index (χ2v) is 7.53. The lowest BCUT2D eigenvalue weighted by Crippen LogP contribution is -2.26. The van der Waals surface area contributed by atoms with Crippen LogP contribution in [0, 0.1) is 11.7 Å². The van der Waals surface area contributed by atoms with Crippen LogP contribution in [0.3, 0.4) is 0 Å². The van der Waals surface area contributed by atoms with Crippen LogP contribution >= 0.6 is 15.9 Å². The molecule has 0 atom stereocenters. The van der Waals surface area contributed by atoms with Crippen LogP contribution in [0.5, 0.6) is 0 Å². The lowest BCUT2D eigenvalue weighted by atomic mass is 10.1. The van der Waals surface area contributed by atoms with E-state index < -0.39 is 15.8 Å². The zero-order chi connectivity index (χ0) is 13.9. The molecule has 0 heterocycles. The fourth-order valence-electron chi connectivity index (χ4n) is 2.42. The Morgan fingerprint density at radius 1 is 1.32 bits per heavy atom. The van der Waals surface area contributed by atoms with Crippen LogP contribution in [0.4, 0.5) is 4.39 Å². The average Bonchev–Trinajstić information content (AvgIpc) is 2.85. The van der Waals surface area contributed by atoms with Crippen molar-refractivity contribution in [3.8, 4) is 0 Å². The van der Waals surface area contributed by atoms with E-state index in [1.165, 1.54) is 37.8 Å². The molecular formula is C13H17BrFNO2S. The molecule has 106 valence electrons. The van der Waals surface area contributed by atoms with Gasteiger partial charge in [-0.25, -0.2) is 17.5 Å². The van der Waals surface area contributed by atoms with Crippen LogP contribution in [-0.4, -0.2) is 15.0 Å². The molecule has 1 aromatic carbocycles. The molecule has 0 aliphatic heterocycles. The van der Waals surface area contributed by atoms with Gasteiger partial charge in [-0.3, -0.25) is 0 Å². The fourth-order valence-corrected chi connectivity index (χ4v) is 3.73. The second kappa shape index (κ2) is 6.33. The summed E-state index contributed by atoms with van der Waals surface area (Å²) < 4.78 is 40.1. The largest absolute Gasteiger partial charge is 0.240 e. The summed E-state index contributed by atoms with van der Waals surface area (Å²) in [6.07, 6.45) is 5.73. The molecular weight excluding hydrogens is 333 g/mol. The quantitative estimate of drug-likeness (QED) is 0.884. The van der Waals surface area contributed by atoms with Crippen molar-refractivity contribution in [3.63, 3.8) is 0 Å². The molecule has 1 aromatic rings. The van der Waals surface area contributed by atoms with Gasteiger partial charge >= 0.3 is 0 Å². The Bertz CT molecular complexity index is 542. The van der Waals surface area contributed by atoms with Crippen molar-refractivity contribution < 1.29 is 12.8 Å². The number of sulfonamides is 1. The molecule has 0 radical (unpaired) electrons. The zero-order valence-corrected chi connectivity index (χ0v) is 12.9. The third kappa shape index (κ3) is 4.00. The molecule has 6 heteroatoms. The summed E-state index contributed by atoms with van der Waals surface area (Å²) in [6.45, 7) is 0.421. The van der Waals surface area contributed by atoms with E-state index in [1.807, 2.05) is 0 Å². The SMILES string of the molecule is O=S(=O)(NCCC1CCCC1)c1ccc(Br)c(F)c1. The maximum Gasteiger partial charge on any atom is 0.240 e. The van der Waals surface area contributed by atoms with E-state index >= 15 is 0 Å². The van der Waals surface area contributed by atoms with Gasteiger partial charge in [0, 0.05) is 6.54 Å². The standard InChI is InChI=1S/C13H17BrFNO2S/c14-12-6-5-11(9-13(12)15)19(17,18)16-8-7-10-3-1-2-4-10/h5-6,9-10,16H,1-4,7-8H2.